The number of alkyl carbamates (subject to hydrolysis) is 1. The Kier molecular flexibility index (Phi) is 6.31. The Morgan fingerprint density at radius 1 is 1.20 bits per heavy atom. The van der Waals surface area contributed by atoms with Crippen molar-refractivity contribution in [2.75, 3.05) is 0 Å². The van der Waals surface area contributed by atoms with Crippen LogP contribution in [0.25, 0.3) is 0 Å². The zero-order chi connectivity index (χ0) is 15.3. The summed E-state index contributed by atoms with van der Waals surface area (Å²) in [7, 11) is 0. The normalized spacial score (nSPS) is 21.9. The molecular weight excluding hydrogens is 254 g/mol. The Bertz CT molecular complexity index is 305. The third-order valence-corrected chi connectivity index (χ3v) is 4.19. The van der Waals surface area contributed by atoms with Crippen LogP contribution < -0.4 is 5.32 Å². The van der Waals surface area contributed by atoms with Gasteiger partial charge in [-0.15, -0.1) is 0 Å². The van der Waals surface area contributed by atoms with E-state index in [2.05, 4.69) is 12.2 Å². The average molecular weight is 285 g/mol. The van der Waals surface area contributed by atoms with E-state index in [1.165, 1.54) is 32.1 Å². The molecule has 118 valence electrons. The van der Waals surface area contributed by atoms with Crippen LogP contribution in [0.15, 0.2) is 0 Å². The molecule has 0 aromatic heterocycles. The van der Waals surface area contributed by atoms with Crippen LogP contribution in [0.5, 0.6) is 0 Å². The Morgan fingerprint density at radius 3 is 2.25 bits per heavy atom. The molecule has 0 saturated heterocycles. The zero-order valence-electron chi connectivity index (χ0n) is 13.6. The first kappa shape index (κ1) is 17.3. The fourth-order valence-electron chi connectivity index (χ4n) is 2.97. The van der Waals surface area contributed by atoms with Gasteiger partial charge in [-0.05, 0) is 39.5 Å². The molecule has 4 nitrogen and oxygen atoms in total. The van der Waals surface area contributed by atoms with Crippen LogP contribution in [0.2, 0.25) is 0 Å². The Morgan fingerprint density at radius 2 is 1.75 bits per heavy atom. The number of hydrogen-bond donors (Lipinski definition) is 2. The fraction of sp³-hybridized carbons (Fsp3) is 0.938. The van der Waals surface area contributed by atoms with E-state index in [0.29, 0.717) is 5.92 Å². The van der Waals surface area contributed by atoms with Crippen LogP contribution in [-0.2, 0) is 4.74 Å². The van der Waals surface area contributed by atoms with E-state index in [1.807, 2.05) is 27.7 Å². The van der Waals surface area contributed by atoms with Crippen molar-refractivity contribution < 1.29 is 14.6 Å². The van der Waals surface area contributed by atoms with Crippen LogP contribution in [0.4, 0.5) is 4.79 Å². The molecule has 0 radical (unpaired) electrons. The summed E-state index contributed by atoms with van der Waals surface area (Å²) in [4.78, 5) is 11.7. The SMILES string of the molecule is C[C@H](NC(=O)OC(C)(C)C)[C@@H](O)[C@@H](C)C1CCCCC1. The summed E-state index contributed by atoms with van der Waals surface area (Å²) in [5.74, 6) is 0.780. The van der Waals surface area contributed by atoms with Crippen molar-refractivity contribution in [3.63, 3.8) is 0 Å². The van der Waals surface area contributed by atoms with Crippen LogP contribution in [0, 0.1) is 11.8 Å². The number of carbonyl (C=O) groups is 1. The highest BCUT2D eigenvalue weighted by Crippen LogP contribution is 2.32. The minimum Gasteiger partial charge on any atom is -0.444 e. The van der Waals surface area contributed by atoms with Crippen molar-refractivity contribution in [2.45, 2.75) is 84.5 Å². The first-order chi connectivity index (χ1) is 9.20. The average Bonchev–Trinajstić information content (AvgIpc) is 2.35. The molecule has 1 saturated carbocycles. The maximum atomic E-state index is 11.7. The molecule has 1 aliphatic carbocycles. The van der Waals surface area contributed by atoms with Crippen LogP contribution in [0.3, 0.4) is 0 Å². The van der Waals surface area contributed by atoms with Gasteiger partial charge < -0.3 is 15.2 Å². The van der Waals surface area contributed by atoms with Gasteiger partial charge in [0.25, 0.3) is 0 Å². The minimum absolute atomic E-state index is 0.209. The van der Waals surface area contributed by atoms with Crippen molar-refractivity contribution in [1.29, 1.82) is 0 Å². The van der Waals surface area contributed by atoms with Gasteiger partial charge in [-0.2, -0.15) is 0 Å². The zero-order valence-corrected chi connectivity index (χ0v) is 13.6. The Balaban J connectivity index is 2.44. The van der Waals surface area contributed by atoms with Gasteiger partial charge in [0.05, 0.1) is 12.1 Å². The van der Waals surface area contributed by atoms with E-state index in [-0.39, 0.29) is 12.0 Å². The molecule has 1 aliphatic rings. The molecule has 0 aromatic carbocycles. The number of hydrogen-bond acceptors (Lipinski definition) is 3. The van der Waals surface area contributed by atoms with Crippen LogP contribution in [0.1, 0.15) is 66.7 Å². The molecule has 0 heterocycles. The fourth-order valence-corrected chi connectivity index (χ4v) is 2.97. The molecule has 0 bridgehead atoms. The highest BCUT2D eigenvalue weighted by Gasteiger charge is 2.30. The van der Waals surface area contributed by atoms with Crippen LogP contribution >= 0.6 is 0 Å². The summed E-state index contributed by atoms with van der Waals surface area (Å²) in [5, 5.41) is 13.2. The lowest BCUT2D eigenvalue weighted by molar-refractivity contribution is 0.0238. The van der Waals surface area contributed by atoms with Crippen molar-refractivity contribution in [1.82, 2.24) is 5.32 Å². The number of rotatable bonds is 4. The number of amides is 1. The number of aliphatic hydroxyl groups is 1. The van der Waals surface area contributed by atoms with Gasteiger partial charge in [0.1, 0.15) is 5.60 Å². The number of nitrogens with one attached hydrogen (secondary N) is 1. The third kappa shape index (κ3) is 5.70. The molecule has 1 rings (SSSR count). The monoisotopic (exact) mass is 285 g/mol. The standard InChI is InChI=1S/C16H31NO3/c1-11(13-9-7-6-8-10-13)14(18)12(2)17-15(19)20-16(3,4)5/h11-14,18H,6-10H2,1-5H3,(H,17,19)/t11-,12-,14-/m0/s1. The van der Waals surface area contributed by atoms with E-state index in [0.717, 1.165) is 0 Å². The lowest BCUT2D eigenvalue weighted by Crippen LogP contribution is -2.47. The molecule has 0 aliphatic heterocycles. The van der Waals surface area contributed by atoms with Gasteiger partial charge in [-0.25, -0.2) is 4.79 Å². The van der Waals surface area contributed by atoms with Crippen molar-refractivity contribution in [3.8, 4) is 0 Å². The lowest BCUT2D eigenvalue weighted by Gasteiger charge is -2.34. The maximum Gasteiger partial charge on any atom is 0.407 e. The Hall–Kier alpha value is -0.770. The first-order valence-corrected chi connectivity index (χ1v) is 7.88. The summed E-state index contributed by atoms with van der Waals surface area (Å²) >= 11 is 0. The first-order valence-electron chi connectivity index (χ1n) is 7.88. The van der Waals surface area contributed by atoms with Gasteiger partial charge in [0.2, 0.25) is 0 Å². The van der Waals surface area contributed by atoms with E-state index < -0.39 is 17.8 Å². The minimum atomic E-state index is -0.523. The molecule has 1 fully saturated rings. The number of aliphatic hydroxyl groups excluding tert-OH is 1. The summed E-state index contributed by atoms with van der Waals surface area (Å²) in [5.41, 5.74) is -0.510. The second kappa shape index (κ2) is 7.30. The molecular formula is C16H31NO3. The molecule has 3 atom stereocenters. The second-order valence-electron chi connectivity index (χ2n) is 7.18. The number of carbonyl (C=O) groups excluding carboxylic acids is 1. The summed E-state index contributed by atoms with van der Waals surface area (Å²) in [6.45, 7) is 9.43. The molecule has 0 aromatic rings. The predicted molar refractivity (Wildman–Crippen MR) is 80.6 cm³/mol. The second-order valence-corrected chi connectivity index (χ2v) is 7.18. The van der Waals surface area contributed by atoms with E-state index >= 15 is 0 Å². The number of ether oxygens (including phenoxy) is 1. The van der Waals surface area contributed by atoms with Crippen molar-refractivity contribution in [2.24, 2.45) is 11.8 Å². The van der Waals surface area contributed by atoms with E-state index in [9.17, 15) is 9.90 Å². The molecule has 2 N–H and O–H groups in total. The summed E-state index contributed by atoms with van der Waals surface area (Å²) < 4.78 is 5.22. The quantitative estimate of drug-likeness (QED) is 0.831. The smallest absolute Gasteiger partial charge is 0.407 e. The molecule has 4 heteroatoms. The topological polar surface area (TPSA) is 58.6 Å². The maximum absolute atomic E-state index is 11.7. The lowest BCUT2D eigenvalue weighted by atomic mass is 9.77. The van der Waals surface area contributed by atoms with Gasteiger partial charge in [-0.1, -0.05) is 39.0 Å². The third-order valence-electron chi connectivity index (χ3n) is 4.19. The van der Waals surface area contributed by atoms with E-state index in [1.54, 1.807) is 0 Å². The van der Waals surface area contributed by atoms with E-state index in [4.69, 9.17) is 4.74 Å². The molecule has 0 spiro atoms. The summed E-state index contributed by atoms with van der Waals surface area (Å²) in [6, 6.07) is -0.290. The van der Waals surface area contributed by atoms with Gasteiger partial charge in [-0.3, -0.25) is 0 Å². The highest BCUT2D eigenvalue weighted by atomic mass is 16.6. The van der Waals surface area contributed by atoms with Gasteiger partial charge in [0.15, 0.2) is 0 Å². The van der Waals surface area contributed by atoms with Gasteiger partial charge >= 0.3 is 6.09 Å². The Labute approximate surface area is 123 Å². The van der Waals surface area contributed by atoms with Crippen molar-refractivity contribution >= 4 is 6.09 Å². The van der Waals surface area contributed by atoms with Crippen LogP contribution in [-0.4, -0.2) is 28.9 Å². The largest absolute Gasteiger partial charge is 0.444 e. The molecule has 0 unspecified atom stereocenters. The van der Waals surface area contributed by atoms with Crippen molar-refractivity contribution in [3.05, 3.63) is 0 Å². The van der Waals surface area contributed by atoms with Gasteiger partial charge in [0, 0.05) is 0 Å². The molecule has 20 heavy (non-hydrogen) atoms. The summed E-state index contributed by atoms with van der Waals surface area (Å²) in [6.07, 6.45) is 5.23. The highest BCUT2D eigenvalue weighted by molar-refractivity contribution is 5.68. The predicted octanol–water partition coefficient (Wildman–Crippen LogP) is 3.48. The molecule has 1 amide bonds.